The van der Waals surface area contributed by atoms with Crippen LogP contribution in [-0.4, -0.2) is 24.1 Å². The molecule has 0 fully saturated rings. The maximum Gasteiger partial charge on any atom is 0.287 e. The highest BCUT2D eigenvalue weighted by molar-refractivity contribution is 7.89. The van der Waals surface area contributed by atoms with Crippen molar-refractivity contribution < 1.29 is 13.2 Å². The number of hydrogen-bond donors (Lipinski definition) is 2. The third-order valence-corrected chi connectivity index (χ3v) is 5.72. The van der Waals surface area contributed by atoms with Gasteiger partial charge in [0.05, 0.1) is 10.3 Å². The molecule has 0 atom stereocenters. The van der Waals surface area contributed by atoms with Crippen molar-refractivity contribution in [3.8, 4) is 0 Å². The first-order valence-corrected chi connectivity index (χ1v) is 10.8. The summed E-state index contributed by atoms with van der Waals surface area (Å²) in [6, 6.07) is 13.0. The van der Waals surface area contributed by atoms with Crippen LogP contribution in [0.15, 0.2) is 58.2 Å². The SMILES string of the molecule is CCCn1nc(C(=O)NNS(=O)(=O)c2ccc(CC)cc2)c2ccccc2c1=O. The van der Waals surface area contributed by atoms with Crippen LogP contribution in [0.25, 0.3) is 10.8 Å². The normalized spacial score (nSPS) is 11.5. The van der Waals surface area contributed by atoms with Crippen LogP contribution in [0.2, 0.25) is 0 Å². The van der Waals surface area contributed by atoms with Gasteiger partial charge < -0.3 is 0 Å². The molecular weight excluding hydrogens is 392 g/mol. The minimum absolute atomic E-state index is 0.0299. The van der Waals surface area contributed by atoms with E-state index in [1.807, 2.05) is 13.8 Å². The number of carbonyl (C=O) groups is 1. The van der Waals surface area contributed by atoms with Crippen molar-refractivity contribution in [2.75, 3.05) is 0 Å². The molecule has 0 aliphatic carbocycles. The third-order valence-electron chi connectivity index (χ3n) is 4.46. The zero-order valence-corrected chi connectivity index (χ0v) is 17.0. The molecule has 3 aromatic rings. The summed E-state index contributed by atoms with van der Waals surface area (Å²) in [4.78, 5) is 27.3. The highest BCUT2D eigenvalue weighted by atomic mass is 32.2. The first-order valence-electron chi connectivity index (χ1n) is 9.28. The first-order chi connectivity index (χ1) is 13.9. The van der Waals surface area contributed by atoms with Gasteiger partial charge in [-0.25, -0.2) is 13.1 Å². The minimum atomic E-state index is -3.95. The Kier molecular flexibility index (Phi) is 6.09. The minimum Gasteiger partial charge on any atom is -0.272 e. The molecule has 1 aromatic heterocycles. The van der Waals surface area contributed by atoms with Crippen LogP contribution >= 0.6 is 0 Å². The van der Waals surface area contributed by atoms with Crippen molar-refractivity contribution in [3.05, 3.63) is 70.1 Å². The molecular formula is C20H22N4O4S. The van der Waals surface area contributed by atoms with Crippen LogP contribution in [-0.2, 0) is 23.0 Å². The van der Waals surface area contributed by atoms with E-state index in [1.165, 1.54) is 16.8 Å². The number of aryl methyl sites for hydroxylation is 2. The standard InChI is InChI=1S/C20H22N4O4S/c1-3-13-24-20(26)17-8-6-5-7-16(17)18(22-24)19(25)21-23-29(27,28)15-11-9-14(4-2)10-12-15/h5-12,23H,3-4,13H2,1-2H3,(H,21,25). The monoisotopic (exact) mass is 414 g/mol. The molecule has 2 aromatic carbocycles. The predicted octanol–water partition coefficient (Wildman–Crippen LogP) is 1.99. The number of amides is 1. The number of hydrogen-bond acceptors (Lipinski definition) is 5. The molecule has 9 heteroatoms. The van der Waals surface area contributed by atoms with Crippen molar-refractivity contribution in [1.29, 1.82) is 0 Å². The van der Waals surface area contributed by atoms with E-state index in [2.05, 4.69) is 15.4 Å². The molecule has 0 radical (unpaired) electrons. The Morgan fingerprint density at radius 1 is 1.03 bits per heavy atom. The second kappa shape index (κ2) is 8.54. The molecule has 2 N–H and O–H groups in total. The molecule has 0 saturated heterocycles. The van der Waals surface area contributed by atoms with Gasteiger partial charge in [-0.2, -0.15) is 5.10 Å². The van der Waals surface area contributed by atoms with Crippen molar-refractivity contribution in [1.82, 2.24) is 20.0 Å². The zero-order valence-electron chi connectivity index (χ0n) is 16.2. The summed E-state index contributed by atoms with van der Waals surface area (Å²) in [5.74, 6) is -0.750. The fraction of sp³-hybridized carbons (Fsp3) is 0.250. The maximum atomic E-state index is 12.7. The van der Waals surface area contributed by atoms with Crippen LogP contribution in [0.5, 0.6) is 0 Å². The fourth-order valence-electron chi connectivity index (χ4n) is 2.90. The van der Waals surface area contributed by atoms with Gasteiger partial charge in [0.1, 0.15) is 0 Å². The molecule has 0 saturated carbocycles. The van der Waals surface area contributed by atoms with E-state index in [9.17, 15) is 18.0 Å². The number of nitrogens with zero attached hydrogens (tertiary/aromatic N) is 2. The number of rotatable bonds is 7. The summed E-state index contributed by atoms with van der Waals surface area (Å²) < 4.78 is 26.1. The predicted molar refractivity (Wildman–Crippen MR) is 110 cm³/mol. The van der Waals surface area contributed by atoms with E-state index in [0.29, 0.717) is 23.7 Å². The van der Waals surface area contributed by atoms with Crippen LogP contribution in [0, 0.1) is 0 Å². The van der Waals surface area contributed by atoms with Gasteiger partial charge in [-0.3, -0.25) is 15.0 Å². The summed E-state index contributed by atoms with van der Waals surface area (Å²) in [6.07, 6.45) is 1.45. The lowest BCUT2D eigenvalue weighted by Gasteiger charge is -2.12. The lowest BCUT2D eigenvalue weighted by molar-refractivity contribution is 0.0939. The Hall–Kier alpha value is -3.04. The van der Waals surface area contributed by atoms with Crippen LogP contribution in [0.4, 0.5) is 0 Å². The number of benzene rings is 2. The molecule has 1 heterocycles. The molecule has 8 nitrogen and oxygen atoms in total. The van der Waals surface area contributed by atoms with Crippen LogP contribution in [0.1, 0.15) is 36.3 Å². The van der Waals surface area contributed by atoms with E-state index in [4.69, 9.17) is 0 Å². The molecule has 3 rings (SSSR count). The van der Waals surface area contributed by atoms with E-state index in [0.717, 1.165) is 12.0 Å². The first kappa shape index (κ1) is 20.7. The average molecular weight is 414 g/mol. The molecule has 1 amide bonds. The highest BCUT2D eigenvalue weighted by Gasteiger charge is 2.19. The molecule has 0 aliphatic rings. The molecule has 0 spiro atoms. The quantitative estimate of drug-likeness (QED) is 0.575. The highest BCUT2D eigenvalue weighted by Crippen LogP contribution is 2.14. The second-order valence-corrected chi connectivity index (χ2v) is 8.16. The van der Waals surface area contributed by atoms with Crippen molar-refractivity contribution in [2.24, 2.45) is 0 Å². The van der Waals surface area contributed by atoms with Gasteiger partial charge in [0.2, 0.25) is 0 Å². The summed E-state index contributed by atoms with van der Waals surface area (Å²) >= 11 is 0. The van der Waals surface area contributed by atoms with E-state index in [-0.39, 0.29) is 16.1 Å². The lowest BCUT2D eigenvalue weighted by Crippen LogP contribution is -2.42. The third kappa shape index (κ3) is 4.36. The smallest absolute Gasteiger partial charge is 0.272 e. The lowest BCUT2D eigenvalue weighted by atomic mass is 10.1. The van der Waals surface area contributed by atoms with Gasteiger partial charge in [-0.1, -0.05) is 44.2 Å². The number of sulfonamides is 1. The van der Waals surface area contributed by atoms with Gasteiger partial charge in [-0.05, 0) is 36.6 Å². The number of hydrazine groups is 1. The van der Waals surface area contributed by atoms with E-state index in [1.54, 1.807) is 36.4 Å². The topological polar surface area (TPSA) is 110 Å². The Labute approximate surface area is 168 Å². The Morgan fingerprint density at radius 2 is 1.69 bits per heavy atom. The summed E-state index contributed by atoms with van der Waals surface area (Å²) in [6.45, 7) is 4.21. The van der Waals surface area contributed by atoms with Crippen molar-refractivity contribution in [2.45, 2.75) is 38.1 Å². The number of fused-ring (bicyclic) bond motifs is 1. The largest absolute Gasteiger partial charge is 0.287 e. The number of aromatic nitrogens is 2. The fourth-order valence-corrected chi connectivity index (χ4v) is 3.74. The molecule has 152 valence electrons. The zero-order chi connectivity index (χ0) is 21.0. The average Bonchev–Trinajstić information content (AvgIpc) is 2.74. The van der Waals surface area contributed by atoms with E-state index >= 15 is 0 Å². The van der Waals surface area contributed by atoms with Crippen LogP contribution < -0.4 is 15.8 Å². The Balaban J connectivity index is 1.89. The Bertz CT molecular complexity index is 1200. The van der Waals surface area contributed by atoms with Gasteiger partial charge in [0, 0.05) is 11.9 Å². The van der Waals surface area contributed by atoms with Crippen molar-refractivity contribution in [3.63, 3.8) is 0 Å². The summed E-state index contributed by atoms with van der Waals surface area (Å²) in [5.41, 5.74) is 2.87. The molecule has 29 heavy (non-hydrogen) atoms. The van der Waals surface area contributed by atoms with Gasteiger partial charge in [-0.15, -0.1) is 4.83 Å². The number of nitrogens with one attached hydrogen (secondary N) is 2. The summed E-state index contributed by atoms with van der Waals surface area (Å²) in [5, 5.41) is 4.85. The maximum absolute atomic E-state index is 12.7. The second-order valence-electron chi connectivity index (χ2n) is 6.48. The van der Waals surface area contributed by atoms with Crippen molar-refractivity contribution >= 4 is 26.7 Å². The Morgan fingerprint density at radius 3 is 2.31 bits per heavy atom. The molecule has 0 aliphatic heterocycles. The summed E-state index contributed by atoms with van der Waals surface area (Å²) in [7, 11) is -3.95. The van der Waals surface area contributed by atoms with Gasteiger partial charge in [0.15, 0.2) is 5.69 Å². The van der Waals surface area contributed by atoms with Crippen LogP contribution in [0.3, 0.4) is 0 Å². The molecule has 0 bridgehead atoms. The number of carbonyl (C=O) groups excluding carboxylic acids is 1. The molecule has 0 unspecified atom stereocenters. The van der Waals surface area contributed by atoms with E-state index < -0.39 is 15.9 Å². The van der Waals surface area contributed by atoms with Gasteiger partial charge in [0.25, 0.3) is 21.5 Å². The van der Waals surface area contributed by atoms with Gasteiger partial charge >= 0.3 is 0 Å².